The molecule has 1 aliphatic heterocycles. The minimum Gasteiger partial charge on any atom is -0.481 e. The highest BCUT2D eigenvalue weighted by molar-refractivity contribution is 5.87. The van der Waals surface area contributed by atoms with Crippen LogP contribution in [0.25, 0.3) is 11.1 Å². The molecule has 0 radical (unpaired) electrons. The summed E-state index contributed by atoms with van der Waals surface area (Å²) in [5.41, 5.74) is 4.18. The van der Waals surface area contributed by atoms with Crippen molar-refractivity contribution < 1.29 is 24.2 Å². The van der Waals surface area contributed by atoms with E-state index in [9.17, 15) is 19.5 Å². The molecule has 2 aromatic rings. The highest BCUT2D eigenvalue weighted by Crippen LogP contribution is 2.56. The molecule has 1 spiro atoms. The lowest BCUT2D eigenvalue weighted by molar-refractivity contribution is -0.143. The third-order valence-corrected chi connectivity index (χ3v) is 7.57. The van der Waals surface area contributed by atoms with E-state index in [-0.39, 0.29) is 36.8 Å². The Labute approximate surface area is 204 Å². The number of aliphatic carboxylic acids is 1. The van der Waals surface area contributed by atoms with Crippen molar-refractivity contribution in [3.63, 3.8) is 0 Å². The van der Waals surface area contributed by atoms with Gasteiger partial charge in [-0.1, -0.05) is 48.5 Å². The second kappa shape index (κ2) is 9.10. The average Bonchev–Trinajstić information content (AvgIpc) is 3.41. The van der Waals surface area contributed by atoms with Crippen LogP contribution in [0.15, 0.2) is 48.5 Å². The van der Waals surface area contributed by atoms with Gasteiger partial charge in [-0.25, -0.2) is 4.79 Å². The number of carboxylic acids is 1. The standard InChI is InChI=1S/C28H28N2O5/c1-2-3-12-24(25(31)30-15-23(26(32)33)28(17-30)13-14-28)29-27(34)35-16-22-20-10-6-4-8-18(20)19-9-5-7-11-21(19)22/h4-11,22-24H,12-17H2,1H3,(H,29,34)(H,32,33). The Balaban J connectivity index is 1.26. The number of ether oxygens (including phenoxy) is 1. The van der Waals surface area contributed by atoms with Crippen molar-refractivity contribution in [2.45, 2.75) is 38.1 Å². The number of carboxylic acid groups (broad SMARTS) is 1. The molecule has 1 saturated heterocycles. The molecule has 2 aliphatic carbocycles. The fraction of sp³-hybridized carbons (Fsp3) is 0.393. The fourth-order valence-electron chi connectivity index (χ4n) is 5.55. The van der Waals surface area contributed by atoms with Crippen LogP contribution in [0.4, 0.5) is 4.79 Å². The van der Waals surface area contributed by atoms with Gasteiger partial charge in [-0.2, -0.15) is 0 Å². The third kappa shape index (κ3) is 4.25. The Kier molecular flexibility index (Phi) is 5.98. The number of carbonyl (C=O) groups excluding carboxylic acids is 2. The number of carbonyl (C=O) groups is 3. The predicted octanol–water partition coefficient (Wildman–Crippen LogP) is 3.63. The van der Waals surface area contributed by atoms with Crippen LogP contribution in [0.1, 0.15) is 43.2 Å². The molecular weight excluding hydrogens is 444 g/mol. The molecule has 2 aromatic carbocycles. The van der Waals surface area contributed by atoms with Crippen molar-refractivity contribution >= 4 is 18.0 Å². The van der Waals surface area contributed by atoms with Crippen molar-refractivity contribution in [3.05, 3.63) is 59.7 Å². The number of nitrogens with one attached hydrogen (secondary N) is 1. The van der Waals surface area contributed by atoms with E-state index in [2.05, 4.69) is 29.3 Å². The highest BCUT2D eigenvalue weighted by Gasteiger charge is 2.59. The molecule has 2 fully saturated rings. The smallest absolute Gasteiger partial charge is 0.407 e. The van der Waals surface area contributed by atoms with E-state index < -0.39 is 24.0 Å². The SMILES string of the molecule is CC#CCC(NC(=O)OCC1c2ccccc2-c2ccccc21)C(=O)N1CC(C(=O)O)C2(CC2)C1. The molecule has 5 rings (SSSR count). The number of likely N-dealkylation sites (tertiary alicyclic amines) is 1. The Morgan fingerprint density at radius 2 is 1.74 bits per heavy atom. The molecule has 180 valence electrons. The first-order valence-electron chi connectivity index (χ1n) is 12.0. The minimum absolute atomic E-state index is 0.0811. The molecule has 1 saturated carbocycles. The van der Waals surface area contributed by atoms with E-state index in [4.69, 9.17) is 4.74 Å². The molecule has 2 unspecified atom stereocenters. The largest absolute Gasteiger partial charge is 0.481 e. The summed E-state index contributed by atoms with van der Waals surface area (Å²) in [6.45, 7) is 2.39. The second-order valence-corrected chi connectivity index (χ2v) is 9.63. The summed E-state index contributed by atoms with van der Waals surface area (Å²) in [4.78, 5) is 39.3. The summed E-state index contributed by atoms with van der Waals surface area (Å²) in [5, 5.41) is 12.3. The molecule has 0 aromatic heterocycles. The van der Waals surface area contributed by atoms with Gasteiger partial charge in [0.2, 0.25) is 5.91 Å². The summed E-state index contributed by atoms with van der Waals surface area (Å²) in [5.74, 6) is 3.82. The summed E-state index contributed by atoms with van der Waals surface area (Å²) >= 11 is 0. The lowest BCUT2D eigenvalue weighted by atomic mass is 9.93. The van der Waals surface area contributed by atoms with Gasteiger partial charge in [-0.3, -0.25) is 9.59 Å². The van der Waals surface area contributed by atoms with E-state index in [1.807, 2.05) is 36.4 Å². The first-order chi connectivity index (χ1) is 16.9. The first kappa shape index (κ1) is 23.0. The number of amides is 2. The Bertz CT molecular complexity index is 1190. The molecule has 7 nitrogen and oxygen atoms in total. The van der Waals surface area contributed by atoms with Gasteiger partial charge in [0, 0.05) is 30.8 Å². The summed E-state index contributed by atoms with van der Waals surface area (Å²) in [6.07, 6.45) is 1.08. The number of fused-ring (bicyclic) bond motifs is 3. The van der Waals surface area contributed by atoms with Gasteiger partial charge < -0.3 is 20.1 Å². The molecule has 2 N–H and O–H groups in total. The van der Waals surface area contributed by atoms with Crippen LogP contribution in [-0.4, -0.2) is 53.7 Å². The maximum Gasteiger partial charge on any atom is 0.407 e. The maximum atomic E-state index is 13.3. The van der Waals surface area contributed by atoms with Crippen molar-refractivity contribution in [2.75, 3.05) is 19.7 Å². The van der Waals surface area contributed by atoms with E-state index in [1.54, 1.807) is 11.8 Å². The van der Waals surface area contributed by atoms with Crippen LogP contribution in [0.2, 0.25) is 0 Å². The third-order valence-electron chi connectivity index (χ3n) is 7.57. The van der Waals surface area contributed by atoms with Crippen molar-refractivity contribution in [1.82, 2.24) is 10.2 Å². The van der Waals surface area contributed by atoms with Gasteiger partial charge in [0.1, 0.15) is 12.6 Å². The number of alkyl carbamates (subject to hydrolysis) is 1. The van der Waals surface area contributed by atoms with Gasteiger partial charge in [0.05, 0.1) is 5.92 Å². The summed E-state index contributed by atoms with van der Waals surface area (Å²) in [7, 11) is 0. The van der Waals surface area contributed by atoms with Gasteiger partial charge in [0.15, 0.2) is 0 Å². The van der Waals surface area contributed by atoms with Crippen LogP contribution in [0, 0.1) is 23.2 Å². The van der Waals surface area contributed by atoms with Gasteiger partial charge in [-0.15, -0.1) is 11.8 Å². The lowest BCUT2D eigenvalue weighted by Gasteiger charge is -2.23. The monoisotopic (exact) mass is 472 g/mol. The van der Waals surface area contributed by atoms with Gasteiger partial charge in [0.25, 0.3) is 0 Å². The van der Waals surface area contributed by atoms with Crippen molar-refractivity contribution in [3.8, 4) is 23.0 Å². The molecule has 0 bridgehead atoms. The second-order valence-electron chi connectivity index (χ2n) is 9.63. The summed E-state index contributed by atoms with van der Waals surface area (Å²) in [6, 6.07) is 15.3. The summed E-state index contributed by atoms with van der Waals surface area (Å²) < 4.78 is 5.61. The zero-order valence-corrected chi connectivity index (χ0v) is 19.6. The van der Waals surface area contributed by atoms with Crippen molar-refractivity contribution in [1.29, 1.82) is 0 Å². The first-order valence-corrected chi connectivity index (χ1v) is 12.0. The molecule has 35 heavy (non-hydrogen) atoms. The van der Waals surface area contributed by atoms with Crippen LogP contribution < -0.4 is 5.32 Å². The Hall–Kier alpha value is -3.79. The normalized spacial score (nSPS) is 19.8. The molecule has 2 atom stereocenters. The van der Waals surface area contributed by atoms with Crippen molar-refractivity contribution in [2.24, 2.45) is 11.3 Å². The topological polar surface area (TPSA) is 95.9 Å². The number of hydrogen-bond acceptors (Lipinski definition) is 4. The molecule has 2 amide bonds. The molecule has 3 aliphatic rings. The van der Waals surface area contributed by atoms with Gasteiger partial charge >= 0.3 is 12.1 Å². The van der Waals surface area contributed by atoms with Crippen LogP contribution >= 0.6 is 0 Å². The quantitative estimate of drug-likeness (QED) is 0.626. The van der Waals surface area contributed by atoms with E-state index in [1.165, 1.54) is 0 Å². The minimum atomic E-state index is -0.888. The fourth-order valence-corrected chi connectivity index (χ4v) is 5.55. The van der Waals surface area contributed by atoms with E-state index in [0.717, 1.165) is 35.1 Å². The number of nitrogens with zero attached hydrogens (tertiary/aromatic N) is 1. The zero-order chi connectivity index (χ0) is 24.6. The van der Waals surface area contributed by atoms with Crippen LogP contribution in [0.5, 0.6) is 0 Å². The number of benzene rings is 2. The van der Waals surface area contributed by atoms with E-state index in [0.29, 0.717) is 6.54 Å². The Morgan fingerprint density at radius 1 is 1.11 bits per heavy atom. The maximum absolute atomic E-state index is 13.3. The molecule has 7 heteroatoms. The van der Waals surface area contributed by atoms with E-state index >= 15 is 0 Å². The van der Waals surface area contributed by atoms with Crippen LogP contribution in [0.3, 0.4) is 0 Å². The zero-order valence-electron chi connectivity index (χ0n) is 19.6. The highest BCUT2D eigenvalue weighted by atomic mass is 16.5. The Morgan fingerprint density at radius 3 is 2.29 bits per heavy atom. The lowest BCUT2D eigenvalue weighted by Crippen LogP contribution is -2.48. The number of hydrogen-bond donors (Lipinski definition) is 2. The predicted molar refractivity (Wildman–Crippen MR) is 129 cm³/mol. The average molecular weight is 473 g/mol. The molecule has 1 heterocycles. The molecular formula is C28H28N2O5. The van der Waals surface area contributed by atoms with Crippen LogP contribution in [-0.2, 0) is 14.3 Å². The van der Waals surface area contributed by atoms with Gasteiger partial charge in [-0.05, 0) is 42.0 Å². The number of rotatable bonds is 6.